The molecule has 0 saturated heterocycles. The van der Waals surface area contributed by atoms with E-state index in [0.717, 1.165) is 18.9 Å². The van der Waals surface area contributed by atoms with Crippen LogP contribution in [0.4, 0.5) is 13.2 Å². The number of hydrogen-bond acceptors (Lipinski definition) is 3. The second-order valence-electron chi connectivity index (χ2n) is 5.11. The lowest BCUT2D eigenvalue weighted by atomic mass is 10.1. The Hall–Kier alpha value is -1.12. The van der Waals surface area contributed by atoms with Gasteiger partial charge in [-0.25, -0.2) is 26.3 Å². The van der Waals surface area contributed by atoms with E-state index in [9.17, 15) is 21.6 Å². The monoisotopic (exact) mass is 322 g/mol. The van der Waals surface area contributed by atoms with Gasteiger partial charge in [-0.15, -0.1) is 0 Å². The van der Waals surface area contributed by atoms with Gasteiger partial charge in [0, 0.05) is 18.2 Å². The molecule has 2 rings (SSSR count). The second kappa shape index (κ2) is 6.33. The maximum Gasteiger partial charge on any atom is 0.251 e. The van der Waals surface area contributed by atoms with Gasteiger partial charge in [-0.2, -0.15) is 0 Å². The van der Waals surface area contributed by atoms with E-state index in [2.05, 4.69) is 5.32 Å². The minimum atomic E-state index is -4.06. The van der Waals surface area contributed by atoms with E-state index in [-0.39, 0.29) is 22.6 Å². The molecule has 1 saturated carbocycles. The summed E-state index contributed by atoms with van der Waals surface area (Å²) in [6, 6.07) is 2.68. The lowest BCUT2D eigenvalue weighted by Gasteiger charge is -2.12. The van der Waals surface area contributed by atoms with Crippen LogP contribution in [0.15, 0.2) is 17.0 Å². The molecule has 0 spiro atoms. The summed E-state index contributed by atoms with van der Waals surface area (Å²) < 4.78 is 63.9. The quantitative estimate of drug-likeness (QED) is 0.806. The highest BCUT2D eigenvalue weighted by atomic mass is 32.2. The third kappa shape index (κ3) is 4.42. The van der Waals surface area contributed by atoms with Crippen LogP contribution in [0, 0.1) is 12.7 Å². The van der Waals surface area contributed by atoms with Crippen LogP contribution in [0.1, 0.15) is 24.0 Å². The Morgan fingerprint density at radius 1 is 1.33 bits per heavy atom. The summed E-state index contributed by atoms with van der Waals surface area (Å²) in [5.41, 5.74) is 0.391. The molecule has 1 aromatic carbocycles. The summed E-state index contributed by atoms with van der Waals surface area (Å²) in [6.07, 6.45) is -0.736. The summed E-state index contributed by atoms with van der Waals surface area (Å²) in [4.78, 5) is -0.199. The zero-order valence-corrected chi connectivity index (χ0v) is 12.3. The van der Waals surface area contributed by atoms with Crippen LogP contribution in [0.2, 0.25) is 0 Å². The lowest BCUT2D eigenvalue weighted by molar-refractivity contribution is 0.153. The van der Waals surface area contributed by atoms with Gasteiger partial charge in [-0.05, 0) is 37.5 Å². The van der Waals surface area contributed by atoms with Crippen molar-refractivity contribution in [3.8, 4) is 0 Å². The fourth-order valence-electron chi connectivity index (χ4n) is 1.89. The molecule has 0 unspecified atom stereocenters. The van der Waals surface area contributed by atoms with Gasteiger partial charge in [-0.3, -0.25) is 0 Å². The van der Waals surface area contributed by atoms with Crippen LogP contribution in [0.25, 0.3) is 0 Å². The first kappa shape index (κ1) is 16.3. The fourth-order valence-corrected chi connectivity index (χ4v) is 3.03. The van der Waals surface area contributed by atoms with Gasteiger partial charge >= 0.3 is 0 Å². The Morgan fingerprint density at radius 3 is 2.57 bits per heavy atom. The van der Waals surface area contributed by atoms with E-state index in [1.54, 1.807) is 4.72 Å². The summed E-state index contributed by atoms with van der Waals surface area (Å²) in [6.45, 7) is 0.700. The standard InChI is InChI=1S/C13H17F3N2O2S/c1-8-4-11(21(19,20)18-7-12(14)15)5-9(13(8)16)6-17-10-2-3-10/h4-5,10,12,17-18H,2-3,6-7H2,1H3. The first-order valence-corrected chi connectivity index (χ1v) is 8.08. The molecule has 0 aliphatic heterocycles. The topological polar surface area (TPSA) is 58.2 Å². The highest BCUT2D eigenvalue weighted by Crippen LogP contribution is 2.22. The molecule has 4 nitrogen and oxygen atoms in total. The van der Waals surface area contributed by atoms with Crippen molar-refractivity contribution in [2.45, 2.75) is 43.7 Å². The van der Waals surface area contributed by atoms with E-state index in [4.69, 9.17) is 0 Å². The van der Waals surface area contributed by atoms with E-state index in [0.29, 0.717) is 6.04 Å². The van der Waals surface area contributed by atoms with Crippen LogP contribution in [0.3, 0.4) is 0 Å². The normalized spacial score (nSPS) is 15.7. The first-order valence-electron chi connectivity index (χ1n) is 6.60. The Morgan fingerprint density at radius 2 is 2.00 bits per heavy atom. The fraction of sp³-hybridized carbons (Fsp3) is 0.538. The predicted octanol–water partition coefficient (Wildman–Crippen LogP) is 1.93. The SMILES string of the molecule is Cc1cc(S(=O)(=O)NCC(F)F)cc(CNC2CC2)c1F. The predicted molar refractivity (Wildman–Crippen MR) is 72.2 cm³/mol. The van der Waals surface area contributed by atoms with Gasteiger partial charge in [0.05, 0.1) is 11.4 Å². The molecule has 21 heavy (non-hydrogen) atoms. The molecule has 0 bridgehead atoms. The number of rotatable bonds is 7. The number of benzene rings is 1. The number of halogens is 3. The van der Waals surface area contributed by atoms with E-state index >= 15 is 0 Å². The molecular weight excluding hydrogens is 305 g/mol. The second-order valence-corrected chi connectivity index (χ2v) is 6.88. The van der Waals surface area contributed by atoms with Gasteiger partial charge in [0.1, 0.15) is 5.82 Å². The van der Waals surface area contributed by atoms with Crippen molar-refractivity contribution in [3.63, 3.8) is 0 Å². The van der Waals surface area contributed by atoms with Crippen molar-refractivity contribution < 1.29 is 21.6 Å². The Balaban J connectivity index is 2.22. The van der Waals surface area contributed by atoms with Crippen LogP contribution in [0.5, 0.6) is 0 Å². The van der Waals surface area contributed by atoms with Crippen molar-refractivity contribution in [2.75, 3.05) is 6.54 Å². The molecule has 8 heteroatoms. The molecular formula is C13H17F3N2O2S. The van der Waals surface area contributed by atoms with Crippen LogP contribution in [-0.2, 0) is 16.6 Å². The highest BCUT2D eigenvalue weighted by Gasteiger charge is 2.23. The van der Waals surface area contributed by atoms with Gasteiger partial charge in [-0.1, -0.05) is 0 Å². The molecule has 0 aromatic heterocycles. The third-order valence-corrected chi connectivity index (χ3v) is 4.60. The molecule has 118 valence electrons. The Bertz CT molecular complexity index is 616. The van der Waals surface area contributed by atoms with Crippen molar-refractivity contribution in [1.82, 2.24) is 10.0 Å². The Kier molecular flexibility index (Phi) is 4.90. The number of aryl methyl sites for hydroxylation is 1. The molecule has 1 aliphatic rings. The summed E-state index contributed by atoms with van der Waals surface area (Å²) in [7, 11) is -4.06. The van der Waals surface area contributed by atoms with Crippen LogP contribution < -0.4 is 10.0 Å². The largest absolute Gasteiger partial charge is 0.310 e. The average Bonchev–Trinajstić information content (AvgIpc) is 3.22. The van der Waals surface area contributed by atoms with Crippen molar-refractivity contribution >= 4 is 10.0 Å². The van der Waals surface area contributed by atoms with E-state index in [1.807, 2.05) is 0 Å². The van der Waals surface area contributed by atoms with E-state index < -0.39 is 28.8 Å². The van der Waals surface area contributed by atoms with Gasteiger partial charge in [0.25, 0.3) is 6.43 Å². The molecule has 0 amide bonds. The Labute approximate surface area is 121 Å². The van der Waals surface area contributed by atoms with Crippen LogP contribution >= 0.6 is 0 Å². The number of alkyl halides is 2. The molecule has 0 atom stereocenters. The minimum absolute atomic E-state index is 0.169. The highest BCUT2D eigenvalue weighted by molar-refractivity contribution is 7.89. The first-order chi connectivity index (χ1) is 9.79. The van der Waals surface area contributed by atoms with Crippen molar-refractivity contribution in [1.29, 1.82) is 0 Å². The molecule has 2 N–H and O–H groups in total. The lowest BCUT2D eigenvalue weighted by Crippen LogP contribution is -2.29. The average molecular weight is 322 g/mol. The number of hydrogen-bond donors (Lipinski definition) is 2. The van der Waals surface area contributed by atoms with Gasteiger partial charge in [0.2, 0.25) is 10.0 Å². The van der Waals surface area contributed by atoms with E-state index in [1.165, 1.54) is 13.0 Å². The minimum Gasteiger partial charge on any atom is -0.310 e. The number of nitrogens with one attached hydrogen (secondary N) is 2. The summed E-state index contributed by atoms with van der Waals surface area (Å²) >= 11 is 0. The third-order valence-electron chi connectivity index (χ3n) is 3.20. The summed E-state index contributed by atoms with van der Waals surface area (Å²) in [5.74, 6) is -0.476. The summed E-state index contributed by atoms with van der Waals surface area (Å²) in [5, 5.41) is 3.09. The molecule has 0 radical (unpaired) electrons. The maximum atomic E-state index is 14.0. The molecule has 1 aliphatic carbocycles. The zero-order chi connectivity index (χ0) is 15.6. The smallest absolute Gasteiger partial charge is 0.251 e. The zero-order valence-electron chi connectivity index (χ0n) is 11.5. The van der Waals surface area contributed by atoms with Crippen molar-refractivity contribution in [3.05, 3.63) is 29.1 Å². The van der Waals surface area contributed by atoms with Crippen molar-refractivity contribution in [2.24, 2.45) is 0 Å². The van der Waals surface area contributed by atoms with Gasteiger partial charge in [0.15, 0.2) is 0 Å². The molecule has 1 aromatic rings. The van der Waals surface area contributed by atoms with Gasteiger partial charge < -0.3 is 5.32 Å². The molecule has 1 fully saturated rings. The van der Waals surface area contributed by atoms with Crippen LogP contribution in [-0.4, -0.2) is 27.4 Å². The maximum absolute atomic E-state index is 14.0. The molecule has 0 heterocycles. The number of sulfonamides is 1.